The molecule has 98 valence electrons. The first-order valence-electron chi connectivity index (χ1n) is 5.42. The molecule has 0 radical (unpaired) electrons. The molecule has 0 bridgehead atoms. The molecule has 0 unspecified atom stereocenters. The maximum Gasteiger partial charge on any atom is 0.335 e. The number of carboxylic acid groups (broad SMARTS) is 1. The van der Waals surface area contributed by atoms with Crippen molar-refractivity contribution in [1.82, 2.24) is 4.90 Å². The number of hydrogen-bond acceptors (Lipinski definition) is 3. The van der Waals surface area contributed by atoms with Crippen molar-refractivity contribution in [2.24, 2.45) is 0 Å². The van der Waals surface area contributed by atoms with E-state index in [9.17, 15) is 9.59 Å². The first kappa shape index (κ1) is 14.0. The van der Waals surface area contributed by atoms with Crippen LogP contribution in [-0.2, 0) is 0 Å². The summed E-state index contributed by atoms with van der Waals surface area (Å²) in [6, 6.07) is 4.11. The number of urea groups is 1. The molecule has 0 atom stereocenters. The number of aliphatic hydroxyl groups excluding tert-OH is 1. The van der Waals surface area contributed by atoms with Gasteiger partial charge in [-0.05, 0) is 30.7 Å². The summed E-state index contributed by atoms with van der Waals surface area (Å²) in [5, 5.41) is 20.2. The Morgan fingerprint density at radius 3 is 2.56 bits per heavy atom. The molecular formula is C12H16N2O4. The Morgan fingerprint density at radius 1 is 1.39 bits per heavy atom. The summed E-state index contributed by atoms with van der Waals surface area (Å²) in [7, 11) is 1.56. The molecule has 6 heteroatoms. The standard InChI is InChI=1S/C12H16N2O4/c1-8-7-9(11(16)17)3-4-10(8)13-12(18)14(2)5-6-15/h3-4,7,15H,5-6H2,1-2H3,(H,13,18)(H,16,17). The number of likely N-dealkylation sites (N-methyl/N-ethyl adjacent to an activating group) is 1. The van der Waals surface area contributed by atoms with E-state index in [1.165, 1.54) is 17.0 Å². The van der Waals surface area contributed by atoms with E-state index in [2.05, 4.69) is 5.32 Å². The molecule has 0 fully saturated rings. The first-order valence-corrected chi connectivity index (χ1v) is 5.42. The molecule has 1 rings (SSSR count). The Hall–Kier alpha value is -2.08. The van der Waals surface area contributed by atoms with Gasteiger partial charge in [-0.25, -0.2) is 9.59 Å². The monoisotopic (exact) mass is 252 g/mol. The van der Waals surface area contributed by atoms with Crippen LogP contribution in [0.5, 0.6) is 0 Å². The quantitative estimate of drug-likeness (QED) is 0.749. The van der Waals surface area contributed by atoms with Crippen LogP contribution in [-0.4, -0.2) is 47.3 Å². The van der Waals surface area contributed by atoms with E-state index in [0.717, 1.165) is 0 Å². The van der Waals surface area contributed by atoms with Crippen molar-refractivity contribution < 1.29 is 19.8 Å². The maximum absolute atomic E-state index is 11.7. The van der Waals surface area contributed by atoms with Crippen LogP contribution in [0, 0.1) is 6.92 Å². The highest BCUT2D eigenvalue weighted by Gasteiger charge is 2.11. The highest BCUT2D eigenvalue weighted by atomic mass is 16.4. The Kier molecular flexibility index (Phi) is 4.67. The number of benzene rings is 1. The van der Waals surface area contributed by atoms with Gasteiger partial charge in [0, 0.05) is 19.3 Å². The molecule has 6 nitrogen and oxygen atoms in total. The van der Waals surface area contributed by atoms with Crippen LogP contribution in [0.15, 0.2) is 18.2 Å². The van der Waals surface area contributed by atoms with E-state index in [-0.39, 0.29) is 24.7 Å². The van der Waals surface area contributed by atoms with Crippen molar-refractivity contribution >= 4 is 17.7 Å². The lowest BCUT2D eigenvalue weighted by Gasteiger charge is -2.17. The molecule has 0 aromatic heterocycles. The van der Waals surface area contributed by atoms with Gasteiger partial charge in [-0.15, -0.1) is 0 Å². The summed E-state index contributed by atoms with van der Waals surface area (Å²) >= 11 is 0. The van der Waals surface area contributed by atoms with E-state index in [0.29, 0.717) is 11.3 Å². The average Bonchev–Trinajstić information content (AvgIpc) is 2.31. The third-order valence-electron chi connectivity index (χ3n) is 2.50. The second-order valence-corrected chi connectivity index (χ2v) is 3.91. The smallest absolute Gasteiger partial charge is 0.335 e. The van der Waals surface area contributed by atoms with Gasteiger partial charge in [0.25, 0.3) is 0 Å². The summed E-state index contributed by atoms with van der Waals surface area (Å²) in [6.45, 7) is 1.84. The lowest BCUT2D eigenvalue weighted by molar-refractivity contribution is 0.0697. The van der Waals surface area contributed by atoms with Crippen LogP contribution >= 0.6 is 0 Å². The van der Waals surface area contributed by atoms with E-state index in [4.69, 9.17) is 10.2 Å². The Morgan fingerprint density at radius 2 is 2.06 bits per heavy atom. The fraction of sp³-hybridized carbons (Fsp3) is 0.333. The van der Waals surface area contributed by atoms with Crippen molar-refractivity contribution in [2.45, 2.75) is 6.92 Å². The number of amides is 2. The molecule has 0 heterocycles. The largest absolute Gasteiger partial charge is 0.478 e. The Bertz CT molecular complexity index is 459. The van der Waals surface area contributed by atoms with Gasteiger partial charge in [-0.2, -0.15) is 0 Å². The number of carbonyl (C=O) groups excluding carboxylic acids is 1. The highest BCUT2D eigenvalue weighted by Crippen LogP contribution is 2.17. The second kappa shape index (κ2) is 6.02. The van der Waals surface area contributed by atoms with Crippen molar-refractivity contribution in [3.8, 4) is 0 Å². The lowest BCUT2D eigenvalue weighted by Crippen LogP contribution is -2.33. The van der Waals surface area contributed by atoms with Gasteiger partial charge in [0.05, 0.1) is 12.2 Å². The minimum absolute atomic E-state index is 0.110. The average molecular weight is 252 g/mol. The SMILES string of the molecule is Cc1cc(C(=O)O)ccc1NC(=O)N(C)CCO. The fourth-order valence-corrected chi connectivity index (χ4v) is 1.40. The predicted octanol–water partition coefficient (Wildman–Crippen LogP) is 1.15. The minimum Gasteiger partial charge on any atom is -0.478 e. The van der Waals surface area contributed by atoms with E-state index >= 15 is 0 Å². The Labute approximate surface area is 105 Å². The molecule has 1 aromatic rings. The molecular weight excluding hydrogens is 236 g/mol. The van der Waals surface area contributed by atoms with Crippen LogP contribution in [0.4, 0.5) is 10.5 Å². The third-order valence-corrected chi connectivity index (χ3v) is 2.50. The van der Waals surface area contributed by atoms with E-state index < -0.39 is 5.97 Å². The number of rotatable bonds is 4. The molecule has 18 heavy (non-hydrogen) atoms. The predicted molar refractivity (Wildman–Crippen MR) is 66.9 cm³/mol. The van der Waals surface area contributed by atoms with Crippen LogP contribution < -0.4 is 5.32 Å². The van der Waals surface area contributed by atoms with Gasteiger partial charge < -0.3 is 20.4 Å². The number of carboxylic acids is 1. The van der Waals surface area contributed by atoms with Gasteiger partial charge in [0.15, 0.2) is 0 Å². The highest BCUT2D eigenvalue weighted by molar-refractivity contribution is 5.92. The van der Waals surface area contributed by atoms with E-state index in [1.807, 2.05) is 0 Å². The maximum atomic E-state index is 11.7. The number of aliphatic hydroxyl groups is 1. The van der Waals surface area contributed by atoms with Gasteiger partial charge in [-0.1, -0.05) is 0 Å². The van der Waals surface area contributed by atoms with Crippen molar-refractivity contribution in [2.75, 3.05) is 25.5 Å². The van der Waals surface area contributed by atoms with Crippen molar-refractivity contribution in [3.05, 3.63) is 29.3 Å². The van der Waals surface area contributed by atoms with Crippen LogP contribution in [0.2, 0.25) is 0 Å². The summed E-state index contributed by atoms with van der Waals surface area (Å²) in [5.41, 5.74) is 1.39. The third kappa shape index (κ3) is 3.46. The molecule has 2 amide bonds. The number of carbonyl (C=O) groups is 2. The number of aryl methyl sites for hydroxylation is 1. The zero-order valence-electron chi connectivity index (χ0n) is 10.3. The molecule has 0 aliphatic rings. The fourth-order valence-electron chi connectivity index (χ4n) is 1.40. The molecule has 0 aliphatic carbocycles. The topological polar surface area (TPSA) is 89.9 Å². The van der Waals surface area contributed by atoms with Gasteiger partial charge in [0.2, 0.25) is 0 Å². The number of nitrogens with one attached hydrogen (secondary N) is 1. The molecule has 0 saturated carbocycles. The van der Waals surface area contributed by atoms with Crippen molar-refractivity contribution in [3.63, 3.8) is 0 Å². The van der Waals surface area contributed by atoms with Crippen molar-refractivity contribution in [1.29, 1.82) is 0 Å². The van der Waals surface area contributed by atoms with Crippen LogP contribution in [0.3, 0.4) is 0 Å². The summed E-state index contributed by atoms with van der Waals surface area (Å²) in [5.74, 6) is -1.01. The summed E-state index contributed by atoms with van der Waals surface area (Å²) in [4.78, 5) is 23.8. The number of hydrogen-bond donors (Lipinski definition) is 3. The van der Waals surface area contributed by atoms with Gasteiger partial charge >= 0.3 is 12.0 Å². The van der Waals surface area contributed by atoms with Crippen LogP contribution in [0.25, 0.3) is 0 Å². The van der Waals surface area contributed by atoms with Crippen LogP contribution in [0.1, 0.15) is 15.9 Å². The summed E-state index contributed by atoms with van der Waals surface area (Å²) in [6.07, 6.45) is 0. The number of aromatic carboxylic acids is 1. The number of nitrogens with zero attached hydrogens (tertiary/aromatic N) is 1. The minimum atomic E-state index is -1.01. The number of anilines is 1. The molecule has 0 aliphatic heterocycles. The summed E-state index contributed by atoms with van der Waals surface area (Å²) < 4.78 is 0. The zero-order chi connectivity index (χ0) is 13.7. The van der Waals surface area contributed by atoms with Gasteiger partial charge in [-0.3, -0.25) is 0 Å². The normalized spacial score (nSPS) is 9.94. The van der Waals surface area contributed by atoms with E-state index in [1.54, 1.807) is 20.0 Å². The second-order valence-electron chi connectivity index (χ2n) is 3.91. The first-order chi connectivity index (χ1) is 8.45. The zero-order valence-corrected chi connectivity index (χ0v) is 10.3. The lowest BCUT2D eigenvalue weighted by atomic mass is 10.1. The molecule has 0 spiro atoms. The molecule has 1 aromatic carbocycles. The molecule has 0 saturated heterocycles. The Balaban J connectivity index is 2.79. The molecule has 3 N–H and O–H groups in total. The van der Waals surface area contributed by atoms with Gasteiger partial charge in [0.1, 0.15) is 0 Å².